The van der Waals surface area contributed by atoms with Crippen LogP contribution in [0.4, 0.5) is 0 Å². The molecular formula is C12H19NO4. The fourth-order valence-electron chi connectivity index (χ4n) is 2.15. The molecule has 0 aromatic rings. The fraction of sp³-hybridized carbons (Fsp3) is 0.750. The minimum atomic E-state index is -0.307. The van der Waals surface area contributed by atoms with Crippen molar-refractivity contribution in [1.29, 1.82) is 0 Å². The molecule has 2 unspecified atom stereocenters. The number of carbonyl (C=O) groups is 3. The molecule has 5 nitrogen and oxygen atoms in total. The third-order valence-electron chi connectivity index (χ3n) is 2.86. The van der Waals surface area contributed by atoms with Crippen LogP contribution in [0.2, 0.25) is 0 Å². The molecule has 17 heavy (non-hydrogen) atoms. The molecule has 1 fully saturated rings. The van der Waals surface area contributed by atoms with Gasteiger partial charge in [0.2, 0.25) is 5.91 Å². The second kappa shape index (κ2) is 6.37. The highest BCUT2D eigenvalue weighted by atomic mass is 16.5. The number of hydrogen-bond donors (Lipinski definition) is 1. The van der Waals surface area contributed by atoms with Crippen LogP contribution >= 0.6 is 0 Å². The van der Waals surface area contributed by atoms with Crippen molar-refractivity contribution >= 4 is 17.7 Å². The van der Waals surface area contributed by atoms with Crippen molar-refractivity contribution in [2.75, 3.05) is 6.61 Å². The van der Waals surface area contributed by atoms with Gasteiger partial charge in [-0.2, -0.15) is 0 Å². The zero-order valence-electron chi connectivity index (χ0n) is 10.3. The van der Waals surface area contributed by atoms with Crippen molar-refractivity contribution < 1.29 is 19.1 Å². The van der Waals surface area contributed by atoms with Crippen molar-refractivity contribution in [2.24, 2.45) is 5.92 Å². The molecular weight excluding hydrogens is 222 g/mol. The van der Waals surface area contributed by atoms with E-state index in [1.54, 1.807) is 6.92 Å². The van der Waals surface area contributed by atoms with Gasteiger partial charge < -0.3 is 10.1 Å². The topological polar surface area (TPSA) is 72.5 Å². The lowest BCUT2D eigenvalue weighted by Gasteiger charge is -2.19. The van der Waals surface area contributed by atoms with Crippen LogP contribution < -0.4 is 5.32 Å². The van der Waals surface area contributed by atoms with Crippen molar-refractivity contribution in [1.82, 2.24) is 5.32 Å². The van der Waals surface area contributed by atoms with Gasteiger partial charge in [0.15, 0.2) is 0 Å². The van der Waals surface area contributed by atoms with Gasteiger partial charge in [-0.25, -0.2) is 0 Å². The van der Waals surface area contributed by atoms with E-state index in [2.05, 4.69) is 5.32 Å². The van der Waals surface area contributed by atoms with Gasteiger partial charge in [-0.15, -0.1) is 0 Å². The van der Waals surface area contributed by atoms with Gasteiger partial charge in [0, 0.05) is 6.04 Å². The summed E-state index contributed by atoms with van der Waals surface area (Å²) in [7, 11) is 0. The van der Waals surface area contributed by atoms with E-state index >= 15 is 0 Å². The Morgan fingerprint density at radius 1 is 1.29 bits per heavy atom. The Morgan fingerprint density at radius 2 is 2.00 bits per heavy atom. The minimum absolute atomic E-state index is 0.119. The predicted molar refractivity (Wildman–Crippen MR) is 61.2 cm³/mol. The summed E-state index contributed by atoms with van der Waals surface area (Å²) in [6, 6.07) is -0.180. The van der Waals surface area contributed by atoms with E-state index in [9.17, 15) is 14.4 Å². The third-order valence-corrected chi connectivity index (χ3v) is 2.86. The number of ether oxygens (including phenoxy) is 1. The smallest absolute Gasteiger partial charge is 0.311 e. The quantitative estimate of drug-likeness (QED) is 0.571. The van der Waals surface area contributed by atoms with Crippen LogP contribution in [0, 0.1) is 5.92 Å². The minimum Gasteiger partial charge on any atom is -0.466 e. The summed E-state index contributed by atoms with van der Waals surface area (Å²) in [6.07, 6.45) is 2.29. The zero-order valence-corrected chi connectivity index (χ0v) is 10.3. The first-order valence-electron chi connectivity index (χ1n) is 6.00. The number of amides is 1. The molecule has 96 valence electrons. The number of ketones is 1. The second-order valence-corrected chi connectivity index (χ2v) is 4.34. The first-order valence-corrected chi connectivity index (χ1v) is 6.00. The standard InChI is InChI=1S/C12H19NO4/c1-3-17-12(16)9-5-4-6-10(9)13-11(15)7-8(2)14/h9-10H,3-7H2,1-2H3,(H,13,15). The number of rotatable bonds is 5. The van der Waals surface area contributed by atoms with Crippen LogP contribution in [0.3, 0.4) is 0 Å². The number of Topliss-reactive ketones (excluding diaryl/α,β-unsaturated/α-hetero) is 1. The summed E-state index contributed by atoms with van der Waals surface area (Å²) < 4.78 is 4.96. The first-order chi connectivity index (χ1) is 8.04. The van der Waals surface area contributed by atoms with Crippen molar-refractivity contribution in [3.63, 3.8) is 0 Å². The molecule has 0 aromatic heterocycles. The molecule has 0 saturated heterocycles. The molecule has 0 spiro atoms. The maximum Gasteiger partial charge on any atom is 0.311 e. The lowest BCUT2D eigenvalue weighted by Crippen LogP contribution is -2.41. The van der Waals surface area contributed by atoms with Crippen LogP contribution in [0.15, 0.2) is 0 Å². The molecule has 0 aromatic carbocycles. The molecule has 1 aliphatic rings. The van der Waals surface area contributed by atoms with Crippen molar-refractivity contribution in [2.45, 2.75) is 45.6 Å². The Hall–Kier alpha value is -1.39. The van der Waals surface area contributed by atoms with Gasteiger partial charge in [0.1, 0.15) is 5.78 Å². The molecule has 0 radical (unpaired) electrons. The van der Waals surface area contributed by atoms with Gasteiger partial charge >= 0.3 is 5.97 Å². The summed E-state index contributed by atoms with van der Waals surface area (Å²) in [6.45, 7) is 3.48. The van der Waals surface area contributed by atoms with Gasteiger partial charge in [0.05, 0.1) is 18.9 Å². The molecule has 2 atom stereocenters. The largest absolute Gasteiger partial charge is 0.466 e. The average molecular weight is 241 g/mol. The maximum atomic E-state index is 11.6. The zero-order chi connectivity index (χ0) is 12.8. The monoisotopic (exact) mass is 241 g/mol. The van der Waals surface area contributed by atoms with E-state index in [0.717, 1.165) is 19.3 Å². The molecule has 0 heterocycles. The normalized spacial score (nSPS) is 23.2. The Balaban J connectivity index is 2.49. The molecule has 1 amide bonds. The molecule has 1 aliphatic carbocycles. The summed E-state index contributed by atoms with van der Waals surface area (Å²) >= 11 is 0. The summed E-state index contributed by atoms with van der Waals surface area (Å²) in [5, 5.41) is 2.74. The Morgan fingerprint density at radius 3 is 2.59 bits per heavy atom. The SMILES string of the molecule is CCOC(=O)C1CCCC1NC(=O)CC(C)=O. The average Bonchev–Trinajstić information content (AvgIpc) is 2.64. The third kappa shape index (κ3) is 4.17. The molecule has 5 heteroatoms. The summed E-state index contributed by atoms with van der Waals surface area (Å²) in [5.74, 6) is -0.990. The summed E-state index contributed by atoms with van der Waals surface area (Å²) in [4.78, 5) is 33.9. The van der Waals surface area contributed by atoms with E-state index in [0.29, 0.717) is 6.61 Å². The number of esters is 1. The van der Waals surface area contributed by atoms with Crippen LogP contribution in [-0.2, 0) is 19.1 Å². The van der Waals surface area contributed by atoms with Gasteiger partial charge in [-0.1, -0.05) is 6.42 Å². The highest BCUT2D eigenvalue weighted by Crippen LogP contribution is 2.26. The summed E-state index contributed by atoms with van der Waals surface area (Å²) in [5.41, 5.74) is 0. The highest BCUT2D eigenvalue weighted by Gasteiger charge is 2.34. The van der Waals surface area contributed by atoms with Crippen LogP contribution in [0.1, 0.15) is 39.5 Å². The molecule has 1 N–H and O–H groups in total. The van der Waals surface area contributed by atoms with Crippen molar-refractivity contribution in [3.8, 4) is 0 Å². The first kappa shape index (κ1) is 13.7. The van der Waals surface area contributed by atoms with E-state index in [4.69, 9.17) is 4.74 Å². The second-order valence-electron chi connectivity index (χ2n) is 4.34. The Bertz CT molecular complexity index is 314. The van der Waals surface area contributed by atoms with Crippen LogP contribution in [-0.4, -0.2) is 30.3 Å². The van der Waals surface area contributed by atoms with E-state index in [1.165, 1.54) is 6.92 Å². The van der Waals surface area contributed by atoms with Crippen LogP contribution in [0.5, 0.6) is 0 Å². The lowest BCUT2D eigenvalue weighted by atomic mass is 10.0. The molecule has 1 saturated carbocycles. The molecule has 1 rings (SSSR count). The lowest BCUT2D eigenvalue weighted by molar-refractivity contribution is -0.148. The van der Waals surface area contributed by atoms with Crippen LogP contribution in [0.25, 0.3) is 0 Å². The van der Waals surface area contributed by atoms with E-state index in [-0.39, 0.29) is 36.0 Å². The number of carbonyl (C=O) groups excluding carboxylic acids is 3. The van der Waals surface area contributed by atoms with Gasteiger partial charge in [0.25, 0.3) is 0 Å². The highest BCUT2D eigenvalue weighted by molar-refractivity contribution is 5.97. The predicted octanol–water partition coefficient (Wildman–Crippen LogP) is 0.813. The fourth-order valence-corrected chi connectivity index (χ4v) is 2.15. The molecule has 0 aliphatic heterocycles. The van der Waals surface area contributed by atoms with E-state index < -0.39 is 0 Å². The Labute approximate surface area is 101 Å². The number of nitrogens with one attached hydrogen (secondary N) is 1. The van der Waals surface area contributed by atoms with E-state index in [1.807, 2.05) is 0 Å². The Kier molecular flexibility index (Phi) is 5.12. The number of hydrogen-bond acceptors (Lipinski definition) is 4. The van der Waals surface area contributed by atoms with Gasteiger partial charge in [-0.05, 0) is 26.7 Å². The van der Waals surface area contributed by atoms with Crippen molar-refractivity contribution in [3.05, 3.63) is 0 Å². The van der Waals surface area contributed by atoms with Gasteiger partial charge in [-0.3, -0.25) is 14.4 Å². The maximum absolute atomic E-state index is 11.6. The molecule has 0 bridgehead atoms.